The summed E-state index contributed by atoms with van der Waals surface area (Å²) in [6.45, 7) is 0. The molecule has 0 aliphatic heterocycles. The topological polar surface area (TPSA) is 17.1 Å². The van der Waals surface area contributed by atoms with E-state index in [-0.39, 0.29) is 5.92 Å². The minimum atomic E-state index is 0.0264. The number of halogens is 2. The van der Waals surface area contributed by atoms with Gasteiger partial charge in [0, 0.05) is 12.3 Å². The predicted octanol–water partition coefficient (Wildman–Crippen LogP) is 4.71. The van der Waals surface area contributed by atoms with Gasteiger partial charge in [-0.05, 0) is 23.3 Å². The lowest BCUT2D eigenvalue weighted by molar-refractivity contribution is -0.108. The Morgan fingerprint density at radius 2 is 1.67 bits per heavy atom. The zero-order valence-corrected chi connectivity index (χ0v) is 11.2. The summed E-state index contributed by atoms with van der Waals surface area (Å²) in [7, 11) is 0. The van der Waals surface area contributed by atoms with Crippen LogP contribution in [0.5, 0.6) is 0 Å². The summed E-state index contributed by atoms with van der Waals surface area (Å²) >= 11 is 11.9. The van der Waals surface area contributed by atoms with Crippen molar-refractivity contribution < 1.29 is 4.79 Å². The molecule has 0 fully saturated rings. The zero-order valence-electron chi connectivity index (χ0n) is 9.64. The van der Waals surface area contributed by atoms with Gasteiger partial charge in [-0.3, -0.25) is 0 Å². The van der Waals surface area contributed by atoms with Gasteiger partial charge in [0.2, 0.25) is 0 Å². The van der Waals surface area contributed by atoms with Crippen LogP contribution in [0.3, 0.4) is 0 Å². The van der Waals surface area contributed by atoms with Crippen LogP contribution in [-0.2, 0) is 4.79 Å². The summed E-state index contributed by atoms with van der Waals surface area (Å²) in [6, 6.07) is 15.4. The second kappa shape index (κ2) is 6.03. The van der Waals surface area contributed by atoms with Crippen molar-refractivity contribution in [1.82, 2.24) is 0 Å². The number of hydrogen-bond acceptors (Lipinski definition) is 1. The van der Waals surface area contributed by atoms with Crippen LogP contribution in [0, 0.1) is 0 Å². The number of rotatable bonds is 4. The monoisotopic (exact) mass is 278 g/mol. The molecule has 2 aromatic rings. The van der Waals surface area contributed by atoms with Gasteiger partial charge in [-0.2, -0.15) is 0 Å². The average Bonchev–Trinajstić information content (AvgIpc) is 2.40. The molecule has 0 radical (unpaired) electrons. The molecule has 1 unspecified atom stereocenters. The Bertz CT molecular complexity index is 537. The number of carbonyl (C=O) groups is 1. The summed E-state index contributed by atoms with van der Waals surface area (Å²) in [5, 5.41) is 1.04. The highest BCUT2D eigenvalue weighted by Crippen LogP contribution is 2.31. The summed E-state index contributed by atoms with van der Waals surface area (Å²) in [5.41, 5.74) is 2.10. The van der Waals surface area contributed by atoms with Gasteiger partial charge in [-0.15, -0.1) is 0 Å². The molecule has 3 heteroatoms. The summed E-state index contributed by atoms with van der Waals surface area (Å²) in [5.74, 6) is 0.0264. The highest BCUT2D eigenvalue weighted by molar-refractivity contribution is 6.42. The first-order valence-electron chi connectivity index (χ1n) is 5.66. The van der Waals surface area contributed by atoms with Crippen molar-refractivity contribution in [1.29, 1.82) is 0 Å². The van der Waals surface area contributed by atoms with Gasteiger partial charge in [-0.25, -0.2) is 0 Å². The van der Waals surface area contributed by atoms with Crippen molar-refractivity contribution >= 4 is 29.5 Å². The Hall–Kier alpha value is -1.31. The third-order valence-corrected chi connectivity index (χ3v) is 3.62. The molecule has 0 aliphatic carbocycles. The van der Waals surface area contributed by atoms with E-state index in [0.717, 1.165) is 17.4 Å². The molecule has 0 spiro atoms. The van der Waals surface area contributed by atoms with Crippen molar-refractivity contribution in [2.75, 3.05) is 0 Å². The first kappa shape index (κ1) is 13.1. The van der Waals surface area contributed by atoms with Crippen molar-refractivity contribution in [2.45, 2.75) is 12.3 Å². The van der Waals surface area contributed by atoms with Crippen molar-refractivity contribution in [2.24, 2.45) is 0 Å². The number of hydrogen-bond donors (Lipinski definition) is 0. The lowest BCUT2D eigenvalue weighted by atomic mass is 9.89. The molecule has 0 saturated carbocycles. The number of benzene rings is 2. The summed E-state index contributed by atoms with van der Waals surface area (Å²) in [6.07, 6.45) is 1.36. The number of aldehydes is 1. The zero-order chi connectivity index (χ0) is 13.0. The van der Waals surface area contributed by atoms with Crippen LogP contribution in [0.4, 0.5) is 0 Å². The van der Waals surface area contributed by atoms with Gasteiger partial charge in [0.1, 0.15) is 6.29 Å². The van der Waals surface area contributed by atoms with Gasteiger partial charge in [0.25, 0.3) is 0 Å². The van der Waals surface area contributed by atoms with E-state index in [1.54, 1.807) is 6.07 Å². The smallest absolute Gasteiger partial charge is 0.120 e. The standard InChI is InChI=1S/C15H12Cl2O/c16-14-7-6-12(10-15(14)17)13(8-9-18)11-4-2-1-3-5-11/h1-7,9-10,13H,8H2. The minimum Gasteiger partial charge on any atom is -0.303 e. The van der Waals surface area contributed by atoms with Gasteiger partial charge in [0.05, 0.1) is 10.0 Å². The molecule has 1 atom stereocenters. The van der Waals surface area contributed by atoms with E-state index in [1.807, 2.05) is 42.5 Å². The van der Waals surface area contributed by atoms with Crippen molar-refractivity contribution in [3.63, 3.8) is 0 Å². The van der Waals surface area contributed by atoms with E-state index in [2.05, 4.69) is 0 Å². The van der Waals surface area contributed by atoms with Crippen LogP contribution in [0.15, 0.2) is 48.5 Å². The van der Waals surface area contributed by atoms with E-state index in [0.29, 0.717) is 16.5 Å². The maximum absolute atomic E-state index is 10.9. The molecule has 0 aromatic heterocycles. The highest BCUT2D eigenvalue weighted by Gasteiger charge is 2.14. The van der Waals surface area contributed by atoms with Crippen LogP contribution in [0.25, 0.3) is 0 Å². The SMILES string of the molecule is O=CCC(c1ccccc1)c1ccc(Cl)c(Cl)c1. The van der Waals surface area contributed by atoms with Gasteiger partial charge in [-0.1, -0.05) is 59.6 Å². The Labute approximate surface area is 116 Å². The van der Waals surface area contributed by atoms with Gasteiger partial charge in [0.15, 0.2) is 0 Å². The lowest BCUT2D eigenvalue weighted by Gasteiger charge is -2.15. The van der Waals surface area contributed by atoms with Crippen LogP contribution in [-0.4, -0.2) is 6.29 Å². The van der Waals surface area contributed by atoms with E-state index in [1.165, 1.54) is 0 Å². The maximum Gasteiger partial charge on any atom is 0.120 e. The first-order chi connectivity index (χ1) is 8.72. The Morgan fingerprint density at radius 3 is 2.28 bits per heavy atom. The van der Waals surface area contributed by atoms with E-state index < -0.39 is 0 Å². The van der Waals surface area contributed by atoms with E-state index in [9.17, 15) is 4.79 Å². The van der Waals surface area contributed by atoms with Crippen LogP contribution in [0.1, 0.15) is 23.5 Å². The third-order valence-electron chi connectivity index (χ3n) is 2.88. The van der Waals surface area contributed by atoms with Crippen LogP contribution >= 0.6 is 23.2 Å². The fourth-order valence-electron chi connectivity index (χ4n) is 1.98. The molecule has 92 valence electrons. The fourth-order valence-corrected chi connectivity index (χ4v) is 2.28. The van der Waals surface area contributed by atoms with E-state index >= 15 is 0 Å². The Kier molecular flexibility index (Phi) is 4.40. The Balaban J connectivity index is 2.41. The molecule has 1 nitrogen and oxygen atoms in total. The molecule has 2 rings (SSSR count). The molecule has 0 bridgehead atoms. The van der Waals surface area contributed by atoms with Crippen molar-refractivity contribution in [3.8, 4) is 0 Å². The predicted molar refractivity (Wildman–Crippen MR) is 75.4 cm³/mol. The third kappa shape index (κ3) is 2.92. The van der Waals surface area contributed by atoms with Gasteiger partial charge < -0.3 is 4.79 Å². The Morgan fingerprint density at radius 1 is 0.944 bits per heavy atom. The quantitative estimate of drug-likeness (QED) is 0.740. The largest absolute Gasteiger partial charge is 0.303 e. The molecule has 18 heavy (non-hydrogen) atoms. The summed E-state index contributed by atoms with van der Waals surface area (Å²) in [4.78, 5) is 10.9. The average molecular weight is 279 g/mol. The van der Waals surface area contributed by atoms with Crippen LogP contribution < -0.4 is 0 Å². The number of carbonyl (C=O) groups excluding carboxylic acids is 1. The molecular weight excluding hydrogens is 267 g/mol. The maximum atomic E-state index is 10.9. The van der Waals surface area contributed by atoms with E-state index in [4.69, 9.17) is 23.2 Å². The molecule has 2 aromatic carbocycles. The molecule has 0 amide bonds. The van der Waals surface area contributed by atoms with Crippen molar-refractivity contribution in [3.05, 3.63) is 69.7 Å². The van der Waals surface area contributed by atoms with Crippen LogP contribution in [0.2, 0.25) is 10.0 Å². The second-order valence-corrected chi connectivity index (χ2v) is 4.85. The molecular formula is C15H12Cl2O. The first-order valence-corrected chi connectivity index (χ1v) is 6.41. The molecule has 0 aliphatic rings. The molecule has 0 heterocycles. The second-order valence-electron chi connectivity index (χ2n) is 4.04. The lowest BCUT2D eigenvalue weighted by Crippen LogP contribution is -2.01. The fraction of sp³-hybridized carbons (Fsp3) is 0.133. The molecule has 0 saturated heterocycles. The highest BCUT2D eigenvalue weighted by atomic mass is 35.5. The normalized spacial score (nSPS) is 12.1. The molecule has 0 N–H and O–H groups in total. The minimum absolute atomic E-state index is 0.0264. The van der Waals surface area contributed by atoms with Gasteiger partial charge >= 0.3 is 0 Å². The summed E-state index contributed by atoms with van der Waals surface area (Å²) < 4.78 is 0.